The van der Waals surface area contributed by atoms with E-state index in [1.54, 1.807) is 7.05 Å². The number of nitrogens with zero attached hydrogens (tertiary/aromatic N) is 3. The summed E-state index contributed by atoms with van der Waals surface area (Å²) in [6.45, 7) is 5.87. The number of likely N-dealkylation sites (tertiary alicyclic amines) is 1. The molecule has 6 nitrogen and oxygen atoms in total. The highest BCUT2D eigenvalue weighted by molar-refractivity contribution is 14.0. The first-order chi connectivity index (χ1) is 11.5. The average molecular weight is 465 g/mol. The third-order valence-electron chi connectivity index (χ3n) is 5.26. The van der Waals surface area contributed by atoms with Crippen LogP contribution in [0.5, 0.6) is 0 Å². The lowest BCUT2D eigenvalue weighted by molar-refractivity contribution is -0.121. The fourth-order valence-corrected chi connectivity index (χ4v) is 3.53. The first kappa shape index (κ1) is 22.5. The average Bonchev–Trinajstić information content (AvgIpc) is 3.39. The number of nitrogens with one attached hydrogen (secondary N) is 2. The number of hydrogen-bond acceptors (Lipinski definition) is 3. The van der Waals surface area contributed by atoms with Crippen LogP contribution in [0.4, 0.5) is 0 Å². The fraction of sp³-hybridized carbons (Fsp3) is 0.889. The summed E-state index contributed by atoms with van der Waals surface area (Å²) in [6, 6.07) is 0.560. The Labute approximate surface area is 170 Å². The number of hydrogen-bond donors (Lipinski definition) is 2. The minimum atomic E-state index is 0. The molecule has 2 rings (SSSR count). The third-order valence-corrected chi connectivity index (χ3v) is 5.26. The SMILES string of the molecule is CCNC(=NCC(C1CC1)N(C)C)N1CCC(CC(=O)NC)CC1.I. The molecule has 146 valence electrons. The van der Waals surface area contributed by atoms with Crippen LogP contribution in [0.15, 0.2) is 4.99 Å². The molecule has 7 heteroatoms. The quantitative estimate of drug-likeness (QED) is 0.342. The van der Waals surface area contributed by atoms with Gasteiger partial charge in [0.1, 0.15) is 0 Å². The molecular weight excluding hydrogens is 429 g/mol. The minimum absolute atomic E-state index is 0. The van der Waals surface area contributed by atoms with Crippen molar-refractivity contribution in [3.8, 4) is 0 Å². The Morgan fingerprint density at radius 3 is 2.36 bits per heavy atom. The van der Waals surface area contributed by atoms with E-state index in [1.807, 2.05) is 0 Å². The Morgan fingerprint density at radius 1 is 1.24 bits per heavy atom. The van der Waals surface area contributed by atoms with Crippen molar-refractivity contribution in [1.29, 1.82) is 0 Å². The minimum Gasteiger partial charge on any atom is -0.359 e. The highest BCUT2D eigenvalue weighted by atomic mass is 127. The molecule has 0 aromatic carbocycles. The second kappa shape index (κ2) is 11.2. The van der Waals surface area contributed by atoms with Crippen molar-refractivity contribution in [1.82, 2.24) is 20.4 Å². The molecule has 1 aliphatic heterocycles. The number of halogens is 1. The summed E-state index contributed by atoms with van der Waals surface area (Å²) in [4.78, 5) is 21.2. The molecule has 0 bridgehead atoms. The lowest BCUT2D eigenvalue weighted by Crippen LogP contribution is -2.46. The molecule has 0 radical (unpaired) electrons. The summed E-state index contributed by atoms with van der Waals surface area (Å²) in [5.74, 6) is 2.53. The highest BCUT2D eigenvalue weighted by Crippen LogP contribution is 2.34. The van der Waals surface area contributed by atoms with E-state index in [0.29, 0.717) is 18.4 Å². The molecular formula is C18H36IN5O. The van der Waals surface area contributed by atoms with Gasteiger partial charge in [-0.05, 0) is 58.5 Å². The zero-order valence-corrected chi connectivity index (χ0v) is 18.6. The Kier molecular flexibility index (Phi) is 10.1. The number of rotatable bonds is 7. The van der Waals surface area contributed by atoms with E-state index in [1.165, 1.54) is 12.8 Å². The van der Waals surface area contributed by atoms with Crippen LogP contribution in [0.25, 0.3) is 0 Å². The Morgan fingerprint density at radius 2 is 1.88 bits per heavy atom. The van der Waals surface area contributed by atoms with Crippen molar-refractivity contribution in [2.75, 3.05) is 47.3 Å². The van der Waals surface area contributed by atoms with Gasteiger partial charge in [0.2, 0.25) is 5.91 Å². The van der Waals surface area contributed by atoms with E-state index < -0.39 is 0 Å². The largest absolute Gasteiger partial charge is 0.359 e. The van der Waals surface area contributed by atoms with E-state index in [4.69, 9.17) is 4.99 Å². The van der Waals surface area contributed by atoms with Crippen molar-refractivity contribution in [2.45, 2.75) is 45.1 Å². The van der Waals surface area contributed by atoms with Crippen molar-refractivity contribution in [3.05, 3.63) is 0 Å². The smallest absolute Gasteiger partial charge is 0.220 e. The van der Waals surface area contributed by atoms with Crippen LogP contribution in [-0.4, -0.2) is 75.0 Å². The van der Waals surface area contributed by atoms with Gasteiger partial charge in [-0.15, -0.1) is 24.0 Å². The van der Waals surface area contributed by atoms with Gasteiger partial charge in [-0.25, -0.2) is 0 Å². The van der Waals surface area contributed by atoms with Gasteiger partial charge in [-0.2, -0.15) is 0 Å². The van der Waals surface area contributed by atoms with Crippen LogP contribution in [0.2, 0.25) is 0 Å². The Balaban J connectivity index is 0.00000312. The summed E-state index contributed by atoms with van der Waals surface area (Å²) in [6.07, 6.45) is 5.48. The van der Waals surface area contributed by atoms with Crippen LogP contribution in [0, 0.1) is 11.8 Å². The van der Waals surface area contributed by atoms with E-state index in [-0.39, 0.29) is 29.9 Å². The van der Waals surface area contributed by atoms with Gasteiger partial charge in [0.15, 0.2) is 5.96 Å². The van der Waals surface area contributed by atoms with Crippen molar-refractivity contribution >= 4 is 35.8 Å². The van der Waals surface area contributed by atoms with Gasteiger partial charge in [0.05, 0.1) is 6.54 Å². The van der Waals surface area contributed by atoms with Gasteiger partial charge < -0.3 is 20.4 Å². The summed E-state index contributed by atoms with van der Waals surface area (Å²) >= 11 is 0. The van der Waals surface area contributed by atoms with Crippen LogP contribution in [0.3, 0.4) is 0 Å². The third kappa shape index (κ3) is 7.29. The first-order valence-corrected chi connectivity index (χ1v) is 9.45. The molecule has 1 heterocycles. The molecule has 0 aromatic heterocycles. The zero-order valence-electron chi connectivity index (χ0n) is 16.3. The van der Waals surface area contributed by atoms with E-state index >= 15 is 0 Å². The number of likely N-dealkylation sites (N-methyl/N-ethyl adjacent to an activating group) is 1. The maximum Gasteiger partial charge on any atom is 0.220 e. The molecule has 1 saturated heterocycles. The maximum absolute atomic E-state index is 11.5. The lowest BCUT2D eigenvalue weighted by Gasteiger charge is -2.34. The summed E-state index contributed by atoms with van der Waals surface area (Å²) in [7, 11) is 6.04. The highest BCUT2D eigenvalue weighted by Gasteiger charge is 2.32. The second-order valence-electron chi connectivity index (χ2n) is 7.37. The lowest BCUT2D eigenvalue weighted by atomic mass is 9.93. The summed E-state index contributed by atoms with van der Waals surface area (Å²) < 4.78 is 0. The van der Waals surface area contributed by atoms with Crippen molar-refractivity contribution in [2.24, 2.45) is 16.8 Å². The summed E-state index contributed by atoms with van der Waals surface area (Å²) in [5.41, 5.74) is 0. The number of piperidine rings is 1. The fourth-order valence-electron chi connectivity index (χ4n) is 3.53. The van der Waals surface area contributed by atoms with Crippen LogP contribution >= 0.6 is 24.0 Å². The van der Waals surface area contributed by atoms with E-state index in [2.05, 4.69) is 41.5 Å². The number of aliphatic imine (C=N–C) groups is 1. The van der Waals surface area contributed by atoms with Crippen LogP contribution < -0.4 is 10.6 Å². The molecule has 2 fully saturated rings. The molecule has 0 spiro atoms. The Bertz CT molecular complexity index is 429. The Hall–Kier alpha value is -0.570. The van der Waals surface area contributed by atoms with E-state index in [9.17, 15) is 4.79 Å². The molecule has 2 N–H and O–H groups in total. The molecule has 2 aliphatic rings. The standard InChI is InChI=1S/C18H35N5O.HI/c1-5-20-18(21-13-16(22(3)4)15-6-7-15)23-10-8-14(9-11-23)12-17(24)19-2;/h14-16H,5-13H2,1-4H3,(H,19,24)(H,20,21);1H. The second-order valence-corrected chi connectivity index (χ2v) is 7.37. The molecule has 1 aliphatic carbocycles. The number of guanidine groups is 1. The van der Waals surface area contributed by atoms with Gasteiger partial charge in [-0.3, -0.25) is 9.79 Å². The molecule has 1 saturated carbocycles. The number of amides is 1. The van der Waals surface area contributed by atoms with Crippen LogP contribution in [0.1, 0.15) is 39.0 Å². The summed E-state index contributed by atoms with van der Waals surface area (Å²) in [5, 5.41) is 6.18. The normalized spacial score (nSPS) is 20.2. The predicted octanol–water partition coefficient (Wildman–Crippen LogP) is 1.76. The van der Waals surface area contributed by atoms with Gasteiger partial charge >= 0.3 is 0 Å². The van der Waals surface area contributed by atoms with Crippen molar-refractivity contribution in [3.63, 3.8) is 0 Å². The van der Waals surface area contributed by atoms with Gasteiger partial charge in [0.25, 0.3) is 0 Å². The van der Waals surface area contributed by atoms with Gasteiger partial charge in [0, 0.05) is 39.1 Å². The topological polar surface area (TPSA) is 60.0 Å². The predicted molar refractivity (Wildman–Crippen MR) is 115 cm³/mol. The molecule has 25 heavy (non-hydrogen) atoms. The molecule has 1 amide bonds. The van der Waals surface area contributed by atoms with Crippen molar-refractivity contribution < 1.29 is 4.79 Å². The monoisotopic (exact) mass is 465 g/mol. The maximum atomic E-state index is 11.5. The van der Waals surface area contributed by atoms with E-state index in [0.717, 1.165) is 50.9 Å². The van der Waals surface area contributed by atoms with Gasteiger partial charge in [-0.1, -0.05) is 0 Å². The molecule has 0 aromatic rings. The van der Waals surface area contributed by atoms with Crippen LogP contribution in [-0.2, 0) is 4.79 Å². The first-order valence-electron chi connectivity index (χ1n) is 9.45. The molecule has 1 unspecified atom stereocenters. The number of carbonyl (C=O) groups excluding carboxylic acids is 1. The zero-order chi connectivity index (χ0) is 17.5. The molecule has 1 atom stereocenters. The number of carbonyl (C=O) groups is 1.